The molecule has 1 aromatic carbocycles. The van der Waals surface area contributed by atoms with E-state index in [1.165, 1.54) is 19.3 Å². The quantitative estimate of drug-likeness (QED) is 0.758. The van der Waals surface area contributed by atoms with Crippen LogP contribution in [-0.4, -0.2) is 34.5 Å². The molecule has 5 nitrogen and oxygen atoms in total. The highest BCUT2D eigenvalue weighted by atomic mass is 16.3. The number of para-hydroxylation sites is 2. The van der Waals surface area contributed by atoms with Crippen molar-refractivity contribution in [1.82, 2.24) is 14.9 Å². The Kier molecular flexibility index (Phi) is 4.65. The molecule has 130 valence electrons. The highest BCUT2D eigenvalue weighted by molar-refractivity contribution is 5.76. The lowest BCUT2D eigenvalue weighted by Crippen LogP contribution is -2.37. The lowest BCUT2D eigenvalue weighted by molar-refractivity contribution is 0.153. The number of hydrogen-bond donors (Lipinski definition) is 1. The molecule has 0 saturated carbocycles. The molecule has 1 N–H and O–H groups in total. The number of rotatable bonds is 5. The van der Waals surface area contributed by atoms with Crippen LogP contribution in [0.5, 0.6) is 0 Å². The Hall–Kier alpha value is -2.40. The van der Waals surface area contributed by atoms with Crippen LogP contribution in [0, 0.1) is 6.92 Å². The average Bonchev–Trinajstić information content (AvgIpc) is 3.17. The van der Waals surface area contributed by atoms with Crippen LogP contribution in [0.2, 0.25) is 0 Å². The third kappa shape index (κ3) is 3.51. The van der Waals surface area contributed by atoms with E-state index in [0.29, 0.717) is 0 Å². The van der Waals surface area contributed by atoms with Crippen molar-refractivity contribution in [3.63, 3.8) is 0 Å². The minimum Gasteiger partial charge on any atom is -0.468 e. The van der Waals surface area contributed by atoms with Gasteiger partial charge in [0.1, 0.15) is 11.6 Å². The molecule has 3 aromatic rings. The first kappa shape index (κ1) is 16.1. The lowest BCUT2D eigenvalue weighted by atomic mass is 10.1. The molecule has 1 unspecified atom stereocenters. The summed E-state index contributed by atoms with van der Waals surface area (Å²) in [4.78, 5) is 11.9. The predicted octanol–water partition coefficient (Wildman–Crippen LogP) is 4.17. The highest BCUT2D eigenvalue weighted by Gasteiger charge is 2.24. The van der Waals surface area contributed by atoms with Crippen LogP contribution in [0.4, 0.5) is 5.82 Å². The molecule has 4 rings (SSSR count). The van der Waals surface area contributed by atoms with Crippen molar-refractivity contribution >= 4 is 16.9 Å². The maximum Gasteiger partial charge on any atom is 0.148 e. The van der Waals surface area contributed by atoms with Crippen molar-refractivity contribution < 1.29 is 4.42 Å². The van der Waals surface area contributed by atoms with Gasteiger partial charge in [-0.15, -0.1) is 0 Å². The number of aryl methyl sites for hydroxylation is 1. The number of nitrogens with one attached hydrogen (secondary N) is 1. The second kappa shape index (κ2) is 7.23. The summed E-state index contributed by atoms with van der Waals surface area (Å²) in [5, 5.41) is 3.52. The van der Waals surface area contributed by atoms with Gasteiger partial charge in [0, 0.05) is 6.54 Å². The number of anilines is 1. The Bertz CT molecular complexity index is 825. The van der Waals surface area contributed by atoms with Crippen molar-refractivity contribution in [3.8, 4) is 0 Å². The van der Waals surface area contributed by atoms with E-state index in [9.17, 15) is 0 Å². The summed E-state index contributed by atoms with van der Waals surface area (Å²) in [6, 6.07) is 12.2. The number of fused-ring (bicyclic) bond motifs is 1. The normalized spacial score (nSPS) is 16.8. The molecule has 1 fully saturated rings. The smallest absolute Gasteiger partial charge is 0.148 e. The van der Waals surface area contributed by atoms with Gasteiger partial charge in [0.05, 0.1) is 29.0 Å². The summed E-state index contributed by atoms with van der Waals surface area (Å²) in [7, 11) is 0. The van der Waals surface area contributed by atoms with E-state index in [-0.39, 0.29) is 6.04 Å². The first-order valence-electron chi connectivity index (χ1n) is 9.06. The maximum absolute atomic E-state index is 5.72. The van der Waals surface area contributed by atoms with Crippen LogP contribution in [0.15, 0.2) is 47.1 Å². The third-order valence-corrected chi connectivity index (χ3v) is 4.91. The van der Waals surface area contributed by atoms with Crippen molar-refractivity contribution in [1.29, 1.82) is 0 Å². The Labute approximate surface area is 148 Å². The summed E-state index contributed by atoms with van der Waals surface area (Å²) >= 11 is 0. The SMILES string of the molecule is Cc1nc2ccccc2nc1NCC(c1ccco1)N1CCCCC1. The monoisotopic (exact) mass is 336 g/mol. The Morgan fingerprint density at radius 2 is 1.80 bits per heavy atom. The molecule has 0 radical (unpaired) electrons. The van der Waals surface area contributed by atoms with Crippen molar-refractivity contribution in [3.05, 3.63) is 54.1 Å². The molecule has 0 amide bonds. The van der Waals surface area contributed by atoms with Gasteiger partial charge in [0.2, 0.25) is 0 Å². The number of aromatic nitrogens is 2. The molecular weight excluding hydrogens is 312 g/mol. The van der Waals surface area contributed by atoms with E-state index < -0.39 is 0 Å². The van der Waals surface area contributed by atoms with Crippen LogP contribution in [-0.2, 0) is 0 Å². The molecule has 0 aliphatic carbocycles. The molecule has 1 aliphatic heterocycles. The maximum atomic E-state index is 5.72. The Morgan fingerprint density at radius 1 is 1.04 bits per heavy atom. The number of furan rings is 1. The van der Waals surface area contributed by atoms with E-state index in [2.05, 4.69) is 21.3 Å². The van der Waals surface area contributed by atoms with Crippen LogP contribution in [0.3, 0.4) is 0 Å². The van der Waals surface area contributed by atoms with E-state index in [1.807, 2.05) is 37.3 Å². The van der Waals surface area contributed by atoms with Crippen molar-refractivity contribution in [2.24, 2.45) is 0 Å². The fraction of sp³-hybridized carbons (Fsp3) is 0.400. The summed E-state index contributed by atoms with van der Waals surface area (Å²) in [6.07, 6.45) is 5.59. The zero-order valence-corrected chi connectivity index (χ0v) is 14.6. The molecule has 25 heavy (non-hydrogen) atoms. The number of piperidine rings is 1. The summed E-state index contributed by atoms with van der Waals surface area (Å²) in [5.74, 6) is 1.87. The Morgan fingerprint density at radius 3 is 2.52 bits per heavy atom. The van der Waals surface area contributed by atoms with Gasteiger partial charge < -0.3 is 9.73 Å². The predicted molar refractivity (Wildman–Crippen MR) is 99.6 cm³/mol. The van der Waals surface area contributed by atoms with Crippen LogP contribution < -0.4 is 5.32 Å². The van der Waals surface area contributed by atoms with E-state index in [4.69, 9.17) is 9.40 Å². The number of nitrogens with zero attached hydrogens (tertiary/aromatic N) is 3. The molecule has 1 aliphatic rings. The second-order valence-electron chi connectivity index (χ2n) is 6.66. The van der Waals surface area contributed by atoms with Gasteiger partial charge in [-0.05, 0) is 57.1 Å². The van der Waals surface area contributed by atoms with Gasteiger partial charge in [0.15, 0.2) is 0 Å². The van der Waals surface area contributed by atoms with E-state index in [1.54, 1.807) is 6.26 Å². The van der Waals surface area contributed by atoms with Crippen LogP contribution in [0.1, 0.15) is 36.8 Å². The molecule has 0 bridgehead atoms. The molecule has 0 spiro atoms. The fourth-order valence-electron chi connectivity index (χ4n) is 3.57. The molecule has 5 heteroatoms. The summed E-state index contributed by atoms with van der Waals surface area (Å²) in [5.41, 5.74) is 2.78. The van der Waals surface area contributed by atoms with Gasteiger partial charge in [-0.3, -0.25) is 4.90 Å². The number of benzene rings is 1. The van der Waals surface area contributed by atoms with Crippen LogP contribution in [0.25, 0.3) is 11.0 Å². The largest absolute Gasteiger partial charge is 0.468 e. The number of hydrogen-bond acceptors (Lipinski definition) is 5. The Balaban J connectivity index is 1.55. The van der Waals surface area contributed by atoms with Crippen molar-refractivity contribution in [2.75, 3.05) is 25.0 Å². The van der Waals surface area contributed by atoms with Gasteiger partial charge in [0.25, 0.3) is 0 Å². The minimum absolute atomic E-state index is 0.225. The van der Waals surface area contributed by atoms with Crippen LogP contribution >= 0.6 is 0 Å². The molecule has 3 heterocycles. The summed E-state index contributed by atoms with van der Waals surface area (Å²) < 4.78 is 5.72. The fourth-order valence-corrected chi connectivity index (χ4v) is 3.57. The van der Waals surface area contributed by atoms with E-state index >= 15 is 0 Å². The highest BCUT2D eigenvalue weighted by Crippen LogP contribution is 2.26. The number of likely N-dealkylation sites (tertiary alicyclic amines) is 1. The first-order chi connectivity index (χ1) is 12.3. The summed E-state index contributed by atoms with van der Waals surface area (Å²) in [6.45, 7) is 5.01. The standard InChI is InChI=1S/C20H24N4O/c1-15-20(23-17-9-4-3-8-16(17)22-15)21-14-18(19-10-7-13-25-19)24-11-5-2-6-12-24/h3-4,7-10,13,18H,2,5-6,11-12,14H2,1H3,(H,21,23). The van der Waals surface area contributed by atoms with E-state index in [0.717, 1.165) is 47.9 Å². The zero-order chi connectivity index (χ0) is 17.1. The lowest BCUT2D eigenvalue weighted by Gasteiger charge is -2.33. The first-order valence-corrected chi connectivity index (χ1v) is 9.06. The van der Waals surface area contributed by atoms with Gasteiger partial charge >= 0.3 is 0 Å². The van der Waals surface area contributed by atoms with Gasteiger partial charge in [-0.25, -0.2) is 9.97 Å². The molecular formula is C20H24N4O. The van der Waals surface area contributed by atoms with Crippen molar-refractivity contribution in [2.45, 2.75) is 32.2 Å². The molecule has 2 aromatic heterocycles. The molecule has 1 saturated heterocycles. The second-order valence-corrected chi connectivity index (χ2v) is 6.66. The van der Waals surface area contributed by atoms with Gasteiger partial charge in [-0.2, -0.15) is 0 Å². The topological polar surface area (TPSA) is 54.2 Å². The zero-order valence-electron chi connectivity index (χ0n) is 14.6. The van der Waals surface area contributed by atoms with Gasteiger partial charge in [-0.1, -0.05) is 18.6 Å². The third-order valence-electron chi connectivity index (χ3n) is 4.91. The molecule has 1 atom stereocenters. The average molecular weight is 336 g/mol. The minimum atomic E-state index is 0.225.